The smallest absolute Gasteiger partial charge is 1.00 e. The molecule has 3 heterocycles. The van der Waals surface area contributed by atoms with Gasteiger partial charge in [0.2, 0.25) is 0 Å². The molecular weight excluding hydrogens is 348 g/mol. The Kier molecular flexibility index (Phi) is 7.43. The second kappa shape index (κ2) is 8.63. The van der Waals surface area contributed by atoms with E-state index >= 15 is 0 Å². The van der Waals surface area contributed by atoms with Crippen molar-refractivity contribution >= 4 is 30.0 Å². The van der Waals surface area contributed by atoms with E-state index in [1.165, 1.54) is 40.1 Å². The Morgan fingerprint density at radius 2 is 2.04 bits per heavy atom. The Morgan fingerprint density at radius 1 is 1.27 bits per heavy atom. The van der Waals surface area contributed by atoms with E-state index in [4.69, 9.17) is 4.98 Å². The molecule has 3 nitrogen and oxygen atoms in total. The fourth-order valence-electron chi connectivity index (χ4n) is 4.20. The minimum absolute atomic E-state index is 0. The zero-order valence-electron chi connectivity index (χ0n) is 16.9. The van der Waals surface area contributed by atoms with E-state index in [9.17, 15) is 0 Å². The van der Waals surface area contributed by atoms with Gasteiger partial charge >= 0.3 is 29.6 Å². The van der Waals surface area contributed by atoms with Crippen LogP contribution in [-0.4, -0.2) is 44.0 Å². The number of nitrogens with one attached hydrogen (secondary N) is 1. The summed E-state index contributed by atoms with van der Waals surface area (Å²) in [7, 11) is 2.24. The third-order valence-corrected chi connectivity index (χ3v) is 7.31. The van der Waals surface area contributed by atoms with Crippen molar-refractivity contribution in [3.63, 3.8) is 0 Å². The van der Waals surface area contributed by atoms with E-state index < -0.39 is 0 Å². The quantitative estimate of drug-likeness (QED) is 0.797. The van der Waals surface area contributed by atoms with Gasteiger partial charge in [-0.1, -0.05) is 13.0 Å². The van der Waals surface area contributed by atoms with Crippen molar-refractivity contribution in [2.75, 3.05) is 20.1 Å². The molecule has 2 fully saturated rings. The van der Waals surface area contributed by atoms with Gasteiger partial charge in [0, 0.05) is 24.0 Å². The summed E-state index contributed by atoms with van der Waals surface area (Å²) in [5.41, 5.74) is 2.89. The molecule has 4 rings (SSSR count). The minimum atomic E-state index is 0. The molecule has 2 saturated heterocycles. The molecule has 0 saturated carbocycles. The molecule has 1 N–H and O–H groups in total. The van der Waals surface area contributed by atoms with Crippen LogP contribution >= 0.6 is 11.3 Å². The third-order valence-electron chi connectivity index (χ3n) is 6.11. The van der Waals surface area contributed by atoms with Crippen molar-refractivity contribution in [3.8, 4) is 0 Å². The molecule has 2 aliphatic heterocycles. The average Bonchev–Trinajstić information content (AvgIpc) is 3.08. The number of rotatable bonds is 2. The van der Waals surface area contributed by atoms with Crippen molar-refractivity contribution in [2.45, 2.75) is 57.5 Å². The van der Waals surface area contributed by atoms with Gasteiger partial charge in [0.15, 0.2) is 0 Å². The van der Waals surface area contributed by atoms with Crippen LogP contribution < -0.4 is 34.9 Å². The van der Waals surface area contributed by atoms with Crippen LogP contribution in [-0.2, 0) is 0 Å². The number of fused-ring (bicyclic) bond motifs is 1. The van der Waals surface area contributed by atoms with Gasteiger partial charge in [0.1, 0.15) is 0 Å². The van der Waals surface area contributed by atoms with Crippen LogP contribution in [0.15, 0.2) is 18.2 Å². The van der Waals surface area contributed by atoms with Crippen molar-refractivity contribution in [2.24, 2.45) is 5.92 Å². The van der Waals surface area contributed by atoms with Crippen molar-refractivity contribution in [1.82, 2.24) is 15.2 Å². The molecule has 0 bridgehead atoms. The number of benzene rings is 1. The maximum Gasteiger partial charge on any atom is 1.00 e. The predicted molar refractivity (Wildman–Crippen MR) is 109 cm³/mol. The van der Waals surface area contributed by atoms with E-state index in [1.54, 1.807) is 0 Å². The topological polar surface area (TPSA) is 28.2 Å². The number of hydrogen-bond acceptors (Lipinski definition) is 4. The van der Waals surface area contributed by atoms with Gasteiger partial charge in [-0.25, -0.2) is 4.98 Å². The molecule has 2 aromatic rings. The summed E-state index contributed by atoms with van der Waals surface area (Å²) in [6, 6.07) is 7.43. The zero-order valence-corrected chi connectivity index (χ0v) is 19.7. The number of piperidine rings is 1. The maximum atomic E-state index is 5.03. The molecule has 0 amide bonds. The van der Waals surface area contributed by atoms with E-state index in [0.717, 1.165) is 19.0 Å². The predicted octanol–water partition coefficient (Wildman–Crippen LogP) is 1.18. The number of likely N-dealkylation sites (tertiary alicyclic amines) is 1. The first-order valence-corrected chi connectivity index (χ1v) is 10.1. The van der Waals surface area contributed by atoms with E-state index in [1.807, 2.05) is 11.3 Å². The first-order chi connectivity index (χ1) is 11.4. The van der Waals surface area contributed by atoms with Crippen LogP contribution in [0, 0.1) is 5.92 Å². The largest absolute Gasteiger partial charge is 1.00 e. The summed E-state index contributed by atoms with van der Waals surface area (Å²) in [5, 5.41) is 5.02. The summed E-state index contributed by atoms with van der Waals surface area (Å²) >= 11 is 1.89. The average molecular weight is 377 g/mol. The Balaban J connectivity index is 0.00000121. The van der Waals surface area contributed by atoms with Crippen LogP contribution in [0.3, 0.4) is 0 Å². The Hall–Kier alpha value is 0.0949. The van der Waals surface area contributed by atoms with E-state index in [0.29, 0.717) is 12.0 Å². The van der Waals surface area contributed by atoms with Gasteiger partial charge in [-0.15, -0.1) is 11.3 Å². The van der Waals surface area contributed by atoms with E-state index in [-0.39, 0.29) is 43.5 Å². The van der Waals surface area contributed by atoms with E-state index in [2.05, 4.69) is 56.2 Å². The molecule has 1 unspecified atom stereocenters. The summed E-state index contributed by atoms with van der Waals surface area (Å²) in [4.78, 5) is 7.50. The Bertz CT molecular complexity index is 740. The second-order valence-electron chi connectivity index (χ2n) is 8.52. The van der Waals surface area contributed by atoms with Gasteiger partial charge in [0.05, 0.1) is 15.2 Å². The van der Waals surface area contributed by atoms with Gasteiger partial charge < -0.3 is 18.6 Å². The third kappa shape index (κ3) is 4.39. The van der Waals surface area contributed by atoms with Crippen molar-refractivity contribution in [3.05, 3.63) is 28.8 Å². The fourth-order valence-corrected chi connectivity index (χ4v) is 5.24. The van der Waals surface area contributed by atoms with Crippen LogP contribution in [0.2, 0.25) is 0 Å². The fraction of sp³-hybridized carbons (Fsp3) is 0.650. The summed E-state index contributed by atoms with van der Waals surface area (Å²) in [6.45, 7) is 9.28. The minimum Gasteiger partial charge on any atom is -1.00 e. The molecule has 1 aromatic heterocycles. The van der Waals surface area contributed by atoms with Gasteiger partial charge in [-0.3, -0.25) is 0 Å². The first-order valence-electron chi connectivity index (χ1n) is 9.27. The Labute approximate surface area is 186 Å². The zero-order chi connectivity index (χ0) is 16.9. The van der Waals surface area contributed by atoms with Crippen LogP contribution in [0.4, 0.5) is 0 Å². The summed E-state index contributed by atoms with van der Waals surface area (Å²) in [5.74, 6) is 1.39. The van der Waals surface area contributed by atoms with Gasteiger partial charge in [-0.2, -0.15) is 0 Å². The molecule has 0 aliphatic carbocycles. The summed E-state index contributed by atoms with van der Waals surface area (Å²) in [6.07, 6.45) is 3.77. The Morgan fingerprint density at radius 3 is 2.65 bits per heavy atom. The molecule has 6 heteroatoms. The second-order valence-corrected chi connectivity index (χ2v) is 9.58. The van der Waals surface area contributed by atoms with Crippen molar-refractivity contribution in [1.29, 1.82) is 0 Å². The number of hydrogen-bond donors (Lipinski definition) is 1. The molecule has 2 aliphatic rings. The number of nitrogens with zero attached hydrogens (tertiary/aromatic N) is 2. The van der Waals surface area contributed by atoms with Gasteiger partial charge in [0.25, 0.3) is 0 Å². The van der Waals surface area contributed by atoms with Crippen molar-refractivity contribution < 1.29 is 29.6 Å². The number of likely N-dealkylation sites (N-methyl/N-ethyl adjacent to an activating group) is 1. The molecule has 1 aromatic carbocycles. The van der Waals surface area contributed by atoms with Crippen LogP contribution in [0.25, 0.3) is 10.2 Å². The van der Waals surface area contributed by atoms with Gasteiger partial charge in [-0.05, 0) is 70.3 Å². The molecule has 134 valence electrons. The maximum absolute atomic E-state index is 5.03. The standard InChI is InChI=1S/C20H29N3S.B.Na/c1-13-5-7-16(21-11-13)14-6-8-18-17(9-14)22-19(24-18)15-10-20(2,3)23(4)12-15;;/h6,8-9,13,15-16,21H,5,7,10-12H2,1-4H3;;/q;-1;+1/t13-,15?,16+;;/m0../s1. The molecular formula is C20H29BN3NaS. The number of aromatic nitrogens is 1. The first kappa shape index (κ1) is 22.4. The SMILES string of the molecule is C[C@H]1CC[C@H](c2ccc3sc(C4CN(C)C(C)(C)C4)nc3c2)NC1.[B-].[Na+]. The molecule has 3 atom stereocenters. The monoisotopic (exact) mass is 377 g/mol. The molecule has 4 radical (unpaired) electrons. The molecule has 26 heavy (non-hydrogen) atoms. The van der Waals surface area contributed by atoms with Crippen LogP contribution in [0.1, 0.15) is 62.6 Å². The summed E-state index contributed by atoms with van der Waals surface area (Å²) < 4.78 is 1.34. The molecule has 0 spiro atoms. The van der Waals surface area contributed by atoms with Crippen LogP contribution in [0.5, 0.6) is 0 Å². The number of thiazole rings is 1. The normalized spacial score (nSPS) is 28.5.